The van der Waals surface area contributed by atoms with Gasteiger partial charge in [-0.05, 0) is 208 Å². The number of nitrogens with zero attached hydrogens (tertiary/aromatic N) is 4. The molecule has 7 nitrogen and oxygen atoms in total. The molecule has 0 radical (unpaired) electrons. The molecule has 4 heterocycles. The van der Waals surface area contributed by atoms with Crippen molar-refractivity contribution in [3.63, 3.8) is 0 Å². The third kappa shape index (κ3) is 17.4. The number of carbonyl (C=O) groups excluding carboxylic acids is 1. The summed E-state index contributed by atoms with van der Waals surface area (Å²) in [6, 6.07) is 63.2. The van der Waals surface area contributed by atoms with Crippen molar-refractivity contribution in [2.45, 2.75) is 145 Å². The number of nitrogens with one attached hydrogen (secondary N) is 1. The summed E-state index contributed by atoms with van der Waals surface area (Å²) in [6.07, 6.45) is 16.3. The standard InChI is InChI=1S/C29H29FN2O.C22H28FNO.C21H18FN.C20H20FN/c1-4-19-32-27(20(2)3)26(29(33)31-24-13-9-6-10-14-24)25(21-11-7-5-8-12-21)28(32)22-15-17-23(30)18-16-22;1-6-7-18-20(16-8-10-17(23)11-9-16)19(12-13-25)22(15(4)5)24-21(18)14(2)3;1-2-5-18-20(14-10-12-16(22)13-11-14)17-6-3-4-7-19(17)23-21(18)15-8-9-15;1-4-7-19-20(15-10-12-16(21)13-11-15)17-8-5-6-9-18(17)22(19)14(2)3/h5-18,20H,4,19H2,1-3H3,(H,31,33);6-11,14-15,25H,12-13H2,1-5H3;2-7,10-13,15H,8-9H2,1H3;4-14H,1-3H3/b;7-6+;5-2+;7-4+. The fraction of sp³-hybridized carbons (Fsp3) is 0.250. The Balaban J connectivity index is 0.000000150. The maximum absolute atomic E-state index is 13.8. The van der Waals surface area contributed by atoms with E-state index in [1.165, 1.54) is 94.8 Å². The Bertz CT molecular complexity index is 4930. The first kappa shape index (κ1) is 75.2. The Kier molecular flexibility index (Phi) is 25.5. The van der Waals surface area contributed by atoms with E-state index in [9.17, 15) is 27.5 Å². The molecule has 103 heavy (non-hydrogen) atoms. The van der Waals surface area contributed by atoms with Crippen molar-refractivity contribution in [2.75, 3.05) is 11.9 Å². The highest BCUT2D eigenvalue weighted by atomic mass is 19.1. The molecule has 1 aliphatic rings. The Morgan fingerprint density at radius 1 is 0.515 bits per heavy atom. The molecule has 0 spiro atoms. The number of pyridine rings is 2. The van der Waals surface area contributed by atoms with Crippen LogP contribution in [0.3, 0.4) is 0 Å². The van der Waals surface area contributed by atoms with Crippen LogP contribution in [-0.4, -0.2) is 36.7 Å². The zero-order valence-electron chi connectivity index (χ0n) is 61.4. The maximum Gasteiger partial charge on any atom is 0.258 e. The molecule has 1 saturated carbocycles. The summed E-state index contributed by atoms with van der Waals surface area (Å²) < 4.78 is 58.5. The minimum absolute atomic E-state index is 0.0614. The Labute approximate surface area is 606 Å². The summed E-state index contributed by atoms with van der Waals surface area (Å²) in [4.78, 5) is 23.7. The normalized spacial score (nSPS) is 12.2. The van der Waals surface area contributed by atoms with E-state index in [4.69, 9.17) is 9.97 Å². The molecule has 528 valence electrons. The zero-order chi connectivity index (χ0) is 73.4. The largest absolute Gasteiger partial charge is 0.396 e. The van der Waals surface area contributed by atoms with Crippen molar-refractivity contribution in [3.05, 3.63) is 298 Å². The zero-order valence-corrected chi connectivity index (χ0v) is 61.4. The van der Waals surface area contributed by atoms with Gasteiger partial charge in [0.15, 0.2) is 0 Å². The molecule has 1 amide bonds. The van der Waals surface area contributed by atoms with E-state index >= 15 is 0 Å². The van der Waals surface area contributed by atoms with E-state index in [0.29, 0.717) is 23.9 Å². The number of amides is 1. The lowest BCUT2D eigenvalue weighted by molar-refractivity contribution is 0.102. The van der Waals surface area contributed by atoms with E-state index in [1.807, 2.05) is 136 Å². The van der Waals surface area contributed by atoms with Gasteiger partial charge in [0.2, 0.25) is 0 Å². The molecular weight excluding hydrogens is 1280 g/mol. The van der Waals surface area contributed by atoms with Gasteiger partial charge < -0.3 is 19.6 Å². The molecule has 2 N–H and O–H groups in total. The van der Waals surface area contributed by atoms with Crippen molar-refractivity contribution in [2.24, 2.45) is 0 Å². The van der Waals surface area contributed by atoms with Gasteiger partial charge in [-0.15, -0.1) is 0 Å². The lowest BCUT2D eigenvalue weighted by Gasteiger charge is -2.23. The second-order valence-electron chi connectivity index (χ2n) is 27.3. The summed E-state index contributed by atoms with van der Waals surface area (Å²) in [5, 5.41) is 15.1. The number of allylic oxidation sites excluding steroid dienone is 3. The van der Waals surface area contributed by atoms with E-state index in [1.54, 1.807) is 12.1 Å². The predicted molar refractivity (Wildman–Crippen MR) is 424 cm³/mol. The Hall–Kier alpha value is -10.5. The van der Waals surface area contributed by atoms with Gasteiger partial charge in [-0.25, -0.2) is 17.6 Å². The predicted octanol–water partition coefficient (Wildman–Crippen LogP) is 25.5. The number of aromatic nitrogens is 4. The number of carbonyl (C=O) groups is 1. The molecule has 13 rings (SSSR count). The fourth-order valence-corrected chi connectivity index (χ4v) is 13.9. The van der Waals surface area contributed by atoms with Gasteiger partial charge >= 0.3 is 0 Å². The highest BCUT2D eigenvalue weighted by Crippen LogP contribution is 2.47. The molecule has 0 bridgehead atoms. The molecule has 0 aliphatic heterocycles. The Morgan fingerprint density at radius 3 is 1.50 bits per heavy atom. The van der Waals surface area contributed by atoms with Gasteiger partial charge in [-0.3, -0.25) is 14.8 Å². The smallest absolute Gasteiger partial charge is 0.258 e. The highest BCUT2D eigenvalue weighted by molar-refractivity contribution is 6.12. The van der Waals surface area contributed by atoms with Crippen LogP contribution in [0.5, 0.6) is 0 Å². The minimum Gasteiger partial charge on any atom is -0.396 e. The van der Waals surface area contributed by atoms with Crippen LogP contribution in [0, 0.1) is 23.3 Å². The first-order valence-corrected chi connectivity index (χ1v) is 36.1. The average molecular weight is 1380 g/mol. The Morgan fingerprint density at radius 2 is 0.990 bits per heavy atom. The van der Waals surface area contributed by atoms with Gasteiger partial charge in [0.1, 0.15) is 23.3 Å². The third-order valence-corrected chi connectivity index (χ3v) is 18.4. The number of anilines is 1. The third-order valence-electron chi connectivity index (χ3n) is 18.4. The number of aliphatic hydroxyl groups excluding tert-OH is 1. The average Bonchev–Trinajstić information content (AvgIpc) is 1.69. The molecule has 12 aromatic rings. The SMILES string of the molecule is C/C=C/c1c(-c2ccc(F)cc2)c2ccccc2n1C(C)C.C/C=C/c1c(C(C)C)nc(C(C)C)c(CCO)c1-c1ccc(F)cc1.C/C=C/c1c(C2CC2)nc2ccccc2c1-c1ccc(F)cc1.CCCn1c(-c2ccc(F)cc2)c(-c2ccccc2)c(C(=O)Nc2ccccc2)c1C(C)C. The first-order chi connectivity index (χ1) is 49.8. The quantitative estimate of drug-likeness (QED) is 0.0790. The fourth-order valence-electron chi connectivity index (χ4n) is 13.9. The van der Waals surface area contributed by atoms with Crippen LogP contribution >= 0.6 is 0 Å². The first-order valence-electron chi connectivity index (χ1n) is 36.1. The van der Waals surface area contributed by atoms with Crippen LogP contribution in [0.4, 0.5) is 23.2 Å². The molecular formula is C92H95F4N5O2. The topological polar surface area (TPSA) is 85.0 Å². The number of rotatable bonds is 19. The van der Waals surface area contributed by atoms with Crippen LogP contribution in [0.25, 0.3) is 95.8 Å². The molecule has 11 heteroatoms. The number of hydrogen-bond acceptors (Lipinski definition) is 4. The van der Waals surface area contributed by atoms with Crippen LogP contribution < -0.4 is 5.32 Å². The number of halogens is 4. The molecule has 0 atom stereocenters. The second kappa shape index (κ2) is 34.9. The molecule has 0 unspecified atom stereocenters. The van der Waals surface area contributed by atoms with Crippen LogP contribution in [0.15, 0.2) is 224 Å². The molecule has 0 saturated heterocycles. The summed E-state index contributed by atoms with van der Waals surface area (Å²) in [6.45, 7) is 26.1. The summed E-state index contributed by atoms with van der Waals surface area (Å²) in [5.41, 5.74) is 22.5. The van der Waals surface area contributed by atoms with Gasteiger partial charge in [0.05, 0.1) is 28.2 Å². The van der Waals surface area contributed by atoms with Crippen molar-refractivity contribution in [3.8, 4) is 55.8 Å². The number of aliphatic hydroxyl groups is 1. The lowest BCUT2D eigenvalue weighted by atomic mass is 9.86. The highest BCUT2D eigenvalue weighted by Gasteiger charge is 2.32. The van der Waals surface area contributed by atoms with Gasteiger partial charge in [-0.1, -0.05) is 200 Å². The van der Waals surface area contributed by atoms with Gasteiger partial charge in [0.25, 0.3) is 5.91 Å². The monoisotopic (exact) mass is 1380 g/mol. The summed E-state index contributed by atoms with van der Waals surface area (Å²) in [5.74, 6) is 0.119. The van der Waals surface area contributed by atoms with Crippen molar-refractivity contribution >= 4 is 51.6 Å². The van der Waals surface area contributed by atoms with Gasteiger partial charge in [0, 0.05) is 92.0 Å². The van der Waals surface area contributed by atoms with Crippen LogP contribution in [0.1, 0.15) is 188 Å². The van der Waals surface area contributed by atoms with Crippen LogP contribution in [-0.2, 0) is 13.0 Å². The summed E-state index contributed by atoms with van der Waals surface area (Å²) in [7, 11) is 0. The van der Waals surface area contributed by atoms with Crippen molar-refractivity contribution in [1.29, 1.82) is 0 Å². The molecule has 4 aromatic heterocycles. The van der Waals surface area contributed by atoms with Gasteiger partial charge in [-0.2, -0.15) is 0 Å². The summed E-state index contributed by atoms with van der Waals surface area (Å²) >= 11 is 0. The maximum atomic E-state index is 13.8. The number of para-hydroxylation sites is 3. The van der Waals surface area contributed by atoms with Crippen molar-refractivity contribution in [1.82, 2.24) is 19.1 Å². The van der Waals surface area contributed by atoms with E-state index in [0.717, 1.165) is 108 Å². The van der Waals surface area contributed by atoms with E-state index in [2.05, 4.69) is 144 Å². The van der Waals surface area contributed by atoms with E-state index in [-0.39, 0.29) is 53.5 Å². The van der Waals surface area contributed by atoms with Crippen molar-refractivity contribution < 1.29 is 27.5 Å². The number of benzene rings is 8. The van der Waals surface area contributed by atoms with Crippen LogP contribution in [0.2, 0.25) is 0 Å². The van der Waals surface area contributed by atoms with E-state index < -0.39 is 0 Å². The molecule has 8 aromatic carbocycles. The molecule has 1 aliphatic carbocycles. The molecule has 1 fully saturated rings. The number of hydrogen-bond donors (Lipinski definition) is 2. The second-order valence-corrected chi connectivity index (χ2v) is 27.3. The number of fused-ring (bicyclic) bond motifs is 2. The minimum atomic E-state index is -0.278. The lowest BCUT2D eigenvalue weighted by Crippen LogP contribution is -2.16.